The van der Waals surface area contributed by atoms with Crippen LogP contribution in [-0.2, 0) is 0 Å². The van der Waals surface area contributed by atoms with E-state index in [9.17, 15) is 18.0 Å². The lowest BCUT2D eigenvalue weighted by Crippen LogP contribution is -2.04. The van der Waals surface area contributed by atoms with Gasteiger partial charge in [0.1, 0.15) is 11.6 Å². The Hall–Kier alpha value is -3.09. The van der Waals surface area contributed by atoms with E-state index in [-0.39, 0.29) is 11.3 Å². The van der Waals surface area contributed by atoms with Crippen LogP contribution >= 0.6 is 0 Å². The highest BCUT2D eigenvalue weighted by molar-refractivity contribution is 5.81. The summed E-state index contributed by atoms with van der Waals surface area (Å²) in [4.78, 5) is 10.9. The van der Waals surface area contributed by atoms with E-state index in [2.05, 4.69) is 9.84 Å². The molecule has 24 heavy (non-hydrogen) atoms. The molecule has 0 spiro atoms. The van der Waals surface area contributed by atoms with E-state index >= 15 is 0 Å². The van der Waals surface area contributed by atoms with Gasteiger partial charge in [-0.25, -0.2) is 9.07 Å². The molecule has 1 heterocycles. The maximum absolute atomic E-state index is 13.3. The van der Waals surface area contributed by atoms with Crippen molar-refractivity contribution in [2.45, 2.75) is 6.61 Å². The largest absolute Gasteiger partial charge is 0.434 e. The van der Waals surface area contributed by atoms with Crippen molar-refractivity contribution < 1.29 is 22.7 Å². The van der Waals surface area contributed by atoms with Crippen LogP contribution in [0.5, 0.6) is 5.75 Å². The molecule has 7 heteroatoms. The van der Waals surface area contributed by atoms with Crippen LogP contribution in [0.15, 0.2) is 54.7 Å². The van der Waals surface area contributed by atoms with Crippen LogP contribution in [-0.4, -0.2) is 22.7 Å². The summed E-state index contributed by atoms with van der Waals surface area (Å²) in [6, 6.07) is 11.8. The standard InChI is InChI=1S/C17H11F3N2O2/c18-13-2-1-3-14(9-13)22-7-6-15(21-22)11-4-5-12(10-23)16(8-11)24-17(19)20/h1-10,17H. The zero-order valence-electron chi connectivity index (χ0n) is 12.2. The first-order chi connectivity index (χ1) is 11.6. The van der Waals surface area contributed by atoms with Crippen molar-refractivity contribution in [2.75, 3.05) is 0 Å². The summed E-state index contributed by atoms with van der Waals surface area (Å²) in [5.41, 5.74) is 1.50. The zero-order chi connectivity index (χ0) is 17.1. The van der Waals surface area contributed by atoms with Gasteiger partial charge >= 0.3 is 6.61 Å². The Morgan fingerprint density at radius 1 is 1.12 bits per heavy atom. The minimum Gasteiger partial charge on any atom is -0.434 e. The maximum atomic E-state index is 13.3. The summed E-state index contributed by atoms with van der Waals surface area (Å²) in [6.45, 7) is -3.04. The maximum Gasteiger partial charge on any atom is 0.387 e. The van der Waals surface area contributed by atoms with Crippen LogP contribution in [0, 0.1) is 5.82 Å². The SMILES string of the molecule is O=Cc1ccc(-c2ccn(-c3cccc(F)c3)n2)cc1OC(F)F. The molecule has 0 saturated heterocycles. The average Bonchev–Trinajstić information content (AvgIpc) is 3.04. The molecular formula is C17H11F3N2O2. The monoisotopic (exact) mass is 332 g/mol. The van der Waals surface area contributed by atoms with Crippen molar-refractivity contribution in [3.8, 4) is 22.7 Å². The van der Waals surface area contributed by atoms with Gasteiger partial charge in [0.2, 0.25) is 0 Å². The van der Waals surface area contributed by atoms with Gasteiger partial charge in [0.05, 0.1) is 16.9 Å². The van der Waals surface area contributed by atoms with Gasteiger partial charge in [0, 0.05) is 11.8 Å². The molecule has 0 amide bonds. The van der Waals surface area contributed by atoms with E-state index in [1.165, 1.54) is 28.9 Å². The molecule has 0 aliphatic rings. The summed E-state index contributed by atoms with van der Waals surface area (Å²) < 4.78 is 44.0. The van der Waals surface area contributed by atoms with Crippen LogP contribution < -0.4 is 4.74 Å². The highest BCUT2D eigenvalue weighted by atomic mass is 19.3. The Bertz CT molecular complexity index is 878. The summed E-state index contributed by atoms with van der Waals surface area (Å²) >= 11 is 0. The van der Waals surface area contributed by atoms with E-state index in [0.29, 0.717) is 23.2 Å². The summed E-state index contributed by atoms with van der Waals surface area (Å²) in [6.07, 6.45) is 2.05. The molecule has 0 aliphatic carbocycles. The number of alkyl halides is 2. The molecule has 1 aromatic heterocycles. The fraction of sp³-hybridized carbons (Fsp3) is 0.0588. The van der Waals surface area contributed by atoms with Gasteiger partial charge in [-0.15, -0.1) is 0 Å². The number of ether oxygens (including phenoxy) is 1. The Morgan fingerprint density at radius 2 is 1.96 bits per heavy atom. The van der Waals surface area contributed by atoms with Crippen LogP contribution in [0.2, 0.25) is 0 Å². The van der Waals surface area contributed by atoms with Crippen molar-refractivity contribution in [1.82, 2.24) is 9.78 Å². The minimum atomic E-state index is -3.04. The first-order valence-electron chi connectivity index (χ1n) is 6.93. The summed E-state index contributed by atoms with van der Waals surface area (Å²) in [5.74, 6) is -0.620. The number of aldehydes is 1. The smallest absolute Gasteiger partial charge is 0.387 e. The van der Waals surface area contributed by atoms with Gasteiger partial charge in [-0.1, -0.05) is 12.1 Å². The molecule has 0 radical (unpaired) electrons. The molecule has 0 saturated carbocycles. The molecule has 3 rings (SSSR count). The van der Waals surface area contributed by atoms with Crippen LogP contribution in [0.3, 0.4) is 0 Å². The number of carbonyl (C=O) groups excluding carboxylic acids is 1. The van der Waals surface area contributed by atoms with Gasteiger partial charge < -0.3 is 4.74 Å². The molecule has 0 unspecified atom stereocenters. The van der Waals surface area contributed by atoms with Crippen LogP contribution in [0.4, 0.5) is 13.2 Å². The number of carbonyl (C=O) groups is 1. The second-order valence-corrected chi connectivity index (χ2v) is 4.87. The fourth-order valence-corrected chi connectivity index (χ4v) is 2.23. The average molecular weight is 332 g/mol. The zero-order valence-corrected chi connectivity index (χ0v) is 12.2. The van der Waals surface area contributed by atoms with Crippen molar-refractivity contribution in [1.29, 1.82) is 0 Å². The summed E-state index contributed by atoms with van der Waals surface area (Å²) in [7, 11) is 0. The van der Waals surface area contributed by atoms with Gasteiger partial charge in [-0.2, -0.15) is 13.9 Å². The lowest BCUT2D eigenvalue weighted by Gasteiger charge is -2.08. The molecule has 0 bridgehead atoms. The third-order valence-corrected chi connectivity index (χ3v) is 3.31. The molecular weight excluding hydrogens is 321 g/mol. The van der Waals surface area contributed by atoms with Gasteiger partial charge in [-0.3, -0.25) is 4.79 Å². The van der Waals surface area contributed by atoms with Gasteiger partial charge in [0.15, 0.2) is 6.29 Å². The van der Waals surface area contributed by atoms with E-state index in [1.807, 2.05) is 0 Å². The number of halogens is 3. The highest BCUT2D eigenvalue weighted by Gasteiger charge is 2.12. The Labute approximate surface area is 135 Å². The van der Waals surface area contributed by atoms with Crippen molar-refractivity contribution >= 4 is 6.29 Å². The number of rotatable bonds is 5. The normalized spacial score (nSPS) is 10.8. The Morgan fingerprint density at radius 3 is 2.67 bits per heavy atom. The number of nitrogens with zero attached hydrogens (tertiary/aromatic N) is 2. The van der Waals surface area contributed by atoms with E-state index < -0.39 is 12.4 Å². The van der Waals surface area contributed by atoms with Crippen molar-refractivity contribution in [3.05, 3.63) is 66.1 Å². The third-order valence-electron chi connectivity index (χ3n) is 3.31. The molecule has 0 atom stereocenters. The molecule has 2 aromatic carbocycles. The highest BCUT2D eigenvalue weighted by Crippen LogP contribution is 2.27. The second kappa shape index (κ2) is 6.57. The van der Waals surface area contributed by atoms with Crippen molar-refractivity contribution in [2.24, 2.45) is 0 Å². The Kier molecular flexibility index (Phi) is 4.33. The predicted octanol–water partition coefficient (Wildman–Crippen LogP) is 4.09. The first kappa shape index (κ1) is 15.8. The van der Waals surface area contributed by atoms with Crippen molar-refractivity contribution in [3.63, 3.8) is 0 Å². The van der Waals surface area contributed by atoms with Gasteiger partial charge in [-0.05, 0) is 36.4 Å². The second-order valence-electron chi connectivity index (χ2n) is 4.87. The van der Waals surface area contributed by atoms with Crippen LogP contribution in [0.1, 0.15) is 10.4 Å². The minimum absolute atomic E-state index is 0.0172. The lowest BCUT2D eigenvalue weighted by atomic mass is 10.1. The van der Waals surface area contributed by atoms with E-state index in [4.69, 9.17) is 0 Å². The predicted molar refractivity (Wildman–Crippen MR) is 81.0 cm³/mol. The van der Waals surface area contributed by atoms with Gasteiger partial charge in [0.25, 0.3) is 0 Å². The molecule has 0 aliphatic heterocycles. The molecule has 122 valence electrons. The molecule has 0 fully saturated rings. The first-order valence-corrected chi connectivity index (χ1v) is 6.93. The number of hydrogen-bond acceptors (Lipinski definition) is 3. The lowest BCUT2D eigenvalue weighted by molar-refractivity contribution is -0.0500. The summed E-state index contributed by atoms with van der Waals surface area (Å²) in [5, 5.41) is 4.29. The fourth-order valence-electron chi connectivity index (χ4n) is 2.23. The molecule has 3 aromatic rings. The van der Waals surface area contributed by atoms with Crippen LogP contribution in [0.25, 0.3) is 16.9 Å². The van der Waals surface area contributed by atoms with E-state index in [0.717, 1.165) is 0 Å². The topological polar surface area (TPSA) is 44.1 Å². The van der Waals surface area contributed by atoms with E-state index in [1.54, 1.807) is 30.5 Å². The number of benzene rings is 2. The Balaban J connectivity index is 1.96. The molecule has 0 N–H and O–H groups in total. The molecule has 4 nitrogen and oxygen atoms in total. The number of hydrogen-bond donors (Lipinski definition) is 0. The third kappa shape index (κ3) is 3.29. The quantitative estimate of drug-likeness (QED) is 0.661. The number of aromatic nitrogens is 2.